The van der Waals surface area contributed by atoms with Crippen molar-refractivity contribution in [1.82, 2.24) is 9.80 Å². The van der Waals surface area contributed by atoms with E-state index in [-0.39, 0.29) is 5.91 Å². The number of carbonyl (C=O) groups is 1. The number of nitrogens with two attached hydrogens (primary N) is 1. The van der Waals surface area contributed by atoms with E-state index >= 15 is 0 Å². The summed E-state index contributed by atoms with van der Waals surface area (Å²) in [4.78, 5) is 16.7. The quantitative estimate of drug-likeness (QED) is 0.756. The average molecular weight is 285 g/mol. The van der Waals surface area contributed by atoms with Crippen LogP contribution in [0.3, 0.4) is 0 Å². The molecule has 0 aromatic heterocycles. The van der Waals surface area contributed by atoms with E-state index in [1.165, 1.54) is 19.3 Å². The normalized spacial score (nSPS) is 24.2. The van der Waals surface area contributed by atoms with Gasteiger partial charge < -0.3 is 10.6 Å². The van der Waals surface area contributed by atoms with Gasteiger partial charge in [-0.1, -0.05) is 18.6 Å². The van der Waals surface area contributed by atoms with Crippen molar-refractivity contribution in [2.45, 2.75) is 58.0 Å². The molecule has 1 aliphatic heterocycles. The monoisotopic (exact) mass is 285 g/mol. The fraction of sp³-hybridized carbons (Fsp3) is 0.857. The molecular weight excluding hydrogens is 258 g/mol. The van der Waals surface area contributed by atoms with Gasteiger partial charge in [-0.3, -0.25) is 9.69 Å². The van der Waals surface area contributed by atoms with E-state index in [4.69, 9.17) is 18.0 Å². The zero-order chi connectivity index (χ0) is 14.4. The van der Waals surface area contributed by atoms with Crippen LogP contribution in [0.5, 0.6) is 0 Å². The average Bonchev–Trinajstić information content (AvgIpc) is 2.35. The predicted octanol–water partition coefficient (Wildman–Crippen LogP) is 1.77. The highest BCUT2D eigenvalue weighted by atomic mass is 32.1. The lowest BCUT2D eigenvalue weighted by Gasteiger charge is -2.39. The first-order valence-corrected chi connectivity index (χ1v) is 7.60. The van der Waals surface area contributed by atoms with E-state index in [0.29, 0.717) is 36.5 Å². The van der Waals surface area contributed by atoms with Crippen LogP contribution in [0.25, 0.3) is 0 Å². The van der Waals surface area contributed by atoms with Gasteiger partial charge in [0.2, 0.25) is 5.91 Å². The molecule has 0 spiro atoms. The van der Waals surface area contributed by atoms with Crippen LogP contribution in [-0.4, -0.2) is 52.9 Å². The minimum Gasteiger partial charge on any atom is -0.393 e. The van der Waals surface area contributed by atoms with Crippen molar-refractivity contribution in [2.24, 2.45) is 5.73 Å². The molecule has 110 valence electrons. The third-order valence-electron chi connectivity index (χ3n) is 4.08. The summed E-state index contributed by atoms with van der Waals surface area (Å²) in [5.74, 6) is 0.182. The van der Waals surface area contributed by atoms with Gasteiger partial charge in [0.05, 0.1) is 4.99 Å². The van der Waals surface area contributed by atoms with E-state index in [2.05, 4.69) is 18.7 Å². The molecule has 2 N–H and O–H groups in total. The number of piperidine rings is 1. The van der Waals surface area contributed by atoms with Crippen molar-refractivity contribution in [3.8, 4) is 0 Å². The Hall–Kier alpha value is -0.680. The van der Waals surface area contributed by atoms with Crippen molar-refractivity contribution in [3.05, 3.63) is 0 Å². The Morgan fingerprint density at radius 1 is 1.32 bits per heavy atom. The third-order valence-corrected chi connectivity index (χ3v) is 4.28. The molecule has 2 atom stereocenters. The molecule has 2 unspecified atom stereocenters. The summed E-state index contributed by atoms with van der Waals surface area (Å²) in [6, 6.07) is 1.19. The molecule has 1 saturated heterocycles. The van der Waals surface area contributed by atoms with Crippen LogP contribution >= 0.6 is 12.2 Å². The Morgan fingerprint density at radius 2 is 1.89 bits per heavy atom. The van der Waals surface area contributed by atoms with E-state index in [1.54, 1.807) is 4.90 Å². The molecule has 0 saturated carbocycles. The third kappa shape index (κ3) is 5.45. The van der Waals surface area contributed by atoms with E-state index in [0.717, 1.165) is 6.54 Å². The molecule has 0 aromatic carbocycles. The van der Waals surface area contributed by atoms with Crippen LogP contribution in [0.15, 0.2) is 0 Å². The maximum Gasteiger partial charge on any atom is 0.223 e. The maximum absolute atomic E-state index is 12.0. The topological polar surface area (TPSA) is 49.6 Å². The van der Waals surface area contributed by atoms with E-state index in [9.17, 15) is 4.79 Å². The van der Waals surface area contributed by atoms with Crippen LogP contribution < -0.4 is 5.73 Å². The second kappa shape index (κ2) is 7.80. The SMILES string of the molecule is CC1CCCC(C)N1CCC(=O)N(C)CCC(N)=S. The molecule has 0 radical (unpaired) electrons. The molecule has 0 aromatic rings. The number of hydrogen-bond acceptors (Lipinski definition) is 3. The Labute approximate surface area is 122 Å². The van der Waals surface area contributed by atoms with Crippen LogP contribution in [-0.2, 0) is 4.79 Å². The molecule has 1 aliphatic rings. The van der Waals surface area contributed by atoms with Crippen molar-refractivity contribution in [2.75, 3.05) is 20.1 Å². The molecule has 19 heavy (non-hydrogen) atoms. The molecule has 4 nitrogen and oxygen atoms in total. The molecule has 0 bridgehead atoms. The molecule has 0 aliphatic carbocycles. The van der Waals surface area contributed by atoms with Gasteiger partial charge in [0.25, 0.3) is 0 Å². The van der Waals surface area contributed by atoms with Crippen LogP contribution in [0.1, 0.15) is 46.0 Å². The lowest BCUT2D eigenvalue weighted by atomic mass is 9.97. The van der Waals surface area contributed by atoms with Crippen LogP contribution in [0, 0.1) is 0 Å². The van der Waals surface area contributed by atoms with Gasteiger partial charge in [0.15, 0.2) is 0 Å². The zero-order valence-corrected chi connectivity index (χ0v) is 13.2. The predicted molar refractivity (Wildman–Crippen MR) is 83.1 cm³/mol. The second-order valence-corrected chi connectivity index (χ2v) is 6.17. The van der Waals surface area contributed by atoms with Crippen molar-refractivity contribution < 1.29 is 4.79 Å². The number of likely N-dealkylation sites (tertiary alicyclic amines) is 1. The fourth-order valence-electron chi connectivity index (χ4n) is 2.73. The largest absolute Gasteiger partial charge is 0.393 e. The van der Waals surface area contributed by atoms with Crippen LogP contribution in [0.2, 0.25) is 0 Å². The molecular formula is C14H27N3OS. The first kappa shape index (κ1) is 16.4. The van der Waals surface area contributed by atoms with Gasteiger partial charge >= 0.3 is 0 Å². The van der Waals surface area contributed by atoms with Gasteiger partial charge in [-0.05, 0) is 26.7 Å². The van der Waals surface area contributed by atoms with E-state index < -0.39 is 0 Å². The number of rotatable bonds is 6. The second-order valence-electron chi connectivity index (χ2n) is 5.65. The van der Waals surface area contributed by atoms with Crippen molar-refractivity contribution in [3.63, 3.8) is 0 Å². The summed E-state index contributed by atoms with van der Waals surface area (Å²) >= 11 is 4.83. The number of hydrogen-bond donors (Lipinski definition) is 1. The summed E-state index contributed by atoms with van der Waals surface area (Å²) in [5, 5.41) is 0. The van der Waals surface area contributed by atoms with Gasteiger partial charge in [-0.25, -0.2) is 0 Å². The first-order chi connectivity index (χ1) is 8.91. The van der Waals surface area contributed by atoms with Gasteiger partial charge in [-0.2, -0.15) is 0 Å². The molecule has 1 fully saturated rings. The minimum atomic E-state index is 0.182. The van der Waals surface area contributed by atoms with Crippen molar-refractivity contribution >= 4 is 23.1 Å². The molecule has 5 heteroatoms. The number of amides is 1. The molecule has 1 rings (SSSR count). The Bertz CT molecular complexity index is 312. The lowest BCUT2D eigenvalue weighted by Crippen LogP contribution is -2.45. The zero-order valence-electron chi connectivity index (χ0n) is 12.4. The molecule has 1 heterocycles. The number of nitrogens with zero attached hydrogens (tertiary/aromatic N) is 2. The summed E-state index contributed by atoms with van der Waals surface area (Å²) in [5.41, 5.74) is 5.45. The molecule has 1 amide bonds. The summed E-state index contributed by atoms with van der Waals surface area (Å²) in [6.07, 6.45) is 4.99. The summed E-state index contributed by atoms with van der Waals surface area (Å²) in [6.45, 7) is 6.01. The van der Waals surface area contributed by atoms with Gasteiger partial charge in [0.1, 0.15) is 0 Å². The Balaban J connectivity index is 2.34. The maximum atomic E-state index is 12.0. The summed E-state index contributed by atoms with van der Waals surface area (Å²) in [7, 11) is 1.82. The van der Waals surface area contributed by atoms with Gasteiger partial charge in [-0.15, -0.1) is 0 Å². The smallest absolute Gasteiger partial charge is 0.223 e. The lowest BCUT2D eigenvalue weighted by molar-refractivity contribution is -0.130. The number of thiocarbonyl (C=S) groups is 1. The van der Waals surface area contributed by atoms with Gasteiger partial charge in [0, 0.05) is 45.1 Å². The summed E-state index contributed by atoms with van der Waals surface area (Å²) < 4.78 is 0. The first-order valence-electron chi connectivity index (χ1n) is 7.19. The van der Waals surface area contributed by atoms with Crippen LogP contribution in [0.4, 0.5) is 0 Å². The van der Waals surface area contributed by atoms with Crippen molar-refractivity contribution in [1.29, 1.82) is 0 Å². The highest BCUT2D eigenvalue weighted by Gasteiger charge is 2.25. The minimum absolute atomic E-state index is 0.182. The highest BCUT2D eigenvalue weighted by Crippen LogP contribution is 2.22. The highest BCUT2D eigenvalue weighted by molar-refractivity contribution is 7.80. The fourth-order valence-corrected chi connectivity index (χ4v) is 2.83. The Kier molecular flexibility index (Phi) is 6.72. The standard InChI is InChI=1S/C14H27N3OS/c1-11-5-4-6-12(2)17(11)10-8-14(18)16(3)9-7-13(15)19/h11-12H,4-10H2,1-3H3,(H2,15,19). The Morgan fingerprint density at radius 3 is 2.42 bits per heavy atom. The number of carbonyl (C=O) groups excluding carboxylic acids is 1. The van der Waals surface area contributed by atoms with E-state index in [1.807, 2.05) is 7.05 Å².